The SMILES string of the molecule is OCC1=CC(O)[C@H]2C=COC(O[C@H]3OC(CO)C(O)C(O)C3O)[C@@H]12. The molecule has 136 valence electrons. The van der Waals surface area contributed by atoms with Gasteiger partial charge in [-0.25, -0.2) is 0 Å². The van der Waals surface area contributed by atoms with Crippen molar-refractivity contribution in [3.63, 3.8) is 0 Å². The van der Waals surface area contributed by atoms with E-state index in [2.05, 4.69) is 0 Å². The molecule has 1 aliphatic carbocycles. The standard InChI is InChI=1S/C15H22O9/c16-4-6-3-8(18)7-1-2-22-14(10(6)7)24-15-13(21)12(20)11(19)9(5-17)23-15/h1-3,7-21H,4-5H2/t7-,8?,9?,10+,11?,12?,13?,14?,15-/m1/s1. The number of hydrogen-bond donors (Lipinski definition) is 6. The minimum atomic E-state index is -1.56. The molecule has 6 N–H and O–H groups in total. The number of rotatable bonds is 4. The van der Waals surface area contributed by atoms with Crippen LogP contribution in [0, 0.1) is 11.8 Å². The van der Waals surface area contributed by atoms with Gasteiger partial charge in [0.1, 0.15) is 24.4 Å². The summed E-state index contributed by atoms with van der Waals surface area (Å²) in [6, 6.07) is 0. The molecular weight excluding hydrogens is 324 g/mol. The van der Waals surface area contributed by atoms with Crippen LogP contribution in [0.2, 0.25) is 0 Å². The van der Waals surface area contributed by atoms with Crippen molar-refractivity contribution in [2.75, 3.05) is 13.2 Å². The molecule has 0 amide bonds. The molecule has 6 unspecified atom stereocenters. The van der Waals surface area contributed by atoms with E-state index in [4.69, 9.17) is 14.2 Å². The lowest BCUT2D eigenvalue weighted by Crippen LogP contribution is -2.60. The van der Waals surface area contributed by atoms with Crippen molar-refractivity contribution in [3.8, 4) is 0 Å². The topological polar surface area (TPSA) is 149 Å². The monoisotopic (exact) mass is 346 g/mol. The van der Waals surface area contributed by atoms with Crippen LogP contribution >= 0.6 is 0 Å². The summed E-state index contributed by atoms with van der Waals surface area (Å²) in [5.74, 6) is -0.835. The first-order valence-corrected chi connectivity index (χ1v) is 7.75. The third-order valence-electron chi connectivity index (χ3n) is 4.73. The predicted octanol–water partition coefficient (Wildman–Crippen LogP) is -2.80. The largest absolute Gasteiger partial charge is 0.472 e. The fourth-order valence-electron chi connectivity index (χ4n) is 3.38. The van der Waals surface area contributed by atoms with E-state index in [0.717, 1.165) is 0 Å². The molecule has 2 heterocycles. The second-order valence-corrected chi connectivity index (χ2v) is 6.16. The molecule has 9 heteroatoms. The second-order valence-electron chi connectivity index (χ2n) is 6.16. The van der Waals surface area contributed by atoms with E-state index in [9.17, 15) is 30.6 Å². The van der Waals surface area contributed by atoms with Gasteiger partial charge in [-0.2, -0.15) is 0 Å². The zero-order valence-corrected chi connectivity index (χ0v) is 12.8. The van der Waals surface area contributed by atoms with Gasteiger partial charge in [0.2, 0.25) is 6.29 Å². The lowest BCUT2D eigenvalue weighted by molar-refractivity contribution is -0.339. The van der Waals surface area contributed by atoms with Crippen LogP contribution in [-0.2, 0) is 14.2 Å². The molecule has 24 heavy (non-hydrogen) atoms. The smallest absolute Gasteiger partial charge is 0.209 e. The van der Waals surface area contributed by atoms with Gasteiger partial charge in [-0.05, 0) is 11.6 Å². The average Bonchev–Trinajstić information content (AvgIpc) is 2.92. The summed E-state index contributed by atoms with van der Waals surface area (Å²) >= 11 is 0. The Kier molecular flexibility index (Phi) is 5.23. The summed E-state index contributed by atoms with van der Waals surface area (Å²) in [6.45, 7) is -0.854. The third-order valence-corrected chi connectivity index (χ3v) is 4.73. The van der Waals surface area contributed by atoms with E-state index in [0.29, 0.717) is 5.57 Å². The molecule has 3 rings (SSSR count). The first kappa shape index (κ1) is 17.8. The van der Waals surface area contributed by atoms with Crippen LogP contribution in [0.4, 0.5) is 0 Å². The molecule has 0 radical (unpaired) electrons. The Hall–Kier alpha value is -1.04. The summed E-state index contributed by atoms with van der Waals surface area (Å²) in [6.07, 6.45) is -4.27. The van der Waals surface area contributed by atoms with Crippen molar-refractivity contribution in [1.82, 2.24) is 0 Å². The Balaban J connectivity index is 1.75. The van der Waals surface area contributed by atoms with Crippen LogP contribution in [0.25, 0.3) is 0 Å². The zero-order valence-electron chi connectivity index (χ0n) is 12.8. The quantitative estimate of drug-likeness (QED) is 0.297. The molecule has 9 nitrogen and oxygen atoms in total. The normalized spacial score (nSPS) is 47.9. The number of aliphatic hydroxyl groups excluding tert-OH is 6. The second kappa shape index (κ2) is 7.06. The lowest BCUT2D eigenvalue weighted by atomic mass is 9.88. The van der Waals surface area contributed by atoms with Crippen molar-refractivity contribution in [1.29, 1.82) is 0 Å². The fraction of sp³-hybridized carbons (Fsp3) is 0.733. The molecule has 1 saturated heterocycles. The van der Waals surface area contributed by atoms with Gasteiger partial charge in [0.15, 0.2) is 6.29 Å². The molecular formula is C15H22O9. The summed E-state index contributed by atoms with van der Waals surface area (Å²) in [5.41, 5.74) is 0.534. The highest BCUT2D eigenvalue weighted by Crippen LogP contribution is 2.40. The van der Waals surface area contributed by atoms with E-state index >= 15 is 0 Å². The molecule has 0 aromatic heterocycles. The summed E-state index contributed by atoms with van der Waals surface area (Å²) in [4.78, 5) is 0. The maximum Gasteiger partial charge on any atom is 0.209 e. The summed E-state index contributed by atoms with van der Waals surface area (Å²) in [7, 11) is 0. The van der Waals surface area contributed by atoms with E-state index in [1.807, 2.05) is 0 Å². The van der Waals surface area contributed by atoms with Gasteiger partial charge < -0.3 is 44.8 Å². The van der Waals surface area contributed by atoms with E-state index in [1.54, 1.807) is 6.08 Å². The van der Waals surface area contributed by atoms with Gasteiger partial charge >= 0.3 is 0 Å². The Morgan fingerprint density at radius 1 is 1.00 bits per heavy atom. The minimum absolute atomic E-state index is 0.288. The van der Waals surface area contributed by atoms with E-state index in [-0.39, 0.29) is 12.5 Å². The van der Waals surface area contributed by atoms with Crippen LogP contribution in [0.1, 0.15) is 0 Å². The first-order chi connectivity index (χ1) is 11.5. The van der Waals surface area contributed by atoms with Crippen LogP contribution in [-0.4, -0.2) is 87.0 Å². The van der Waals surface area contributed by atoms with Crippen LogP contribution in [0.15, 0.2) is 24.0 Å². The Morgan fingerprint density at radius 3 is 2.42 bits per heavy atom. The highest BCUT2D eigenvalue weighted by Gasteiger charge is 2.49. The minimum Gasteiger partial charge on any atom is -0.472 e. The summed E-state index contributed by atoms with van der Waals surface area (Å²) < 4.78 is 16.3. The van der Waals surface area contributed by atoms with Gasteiger partial charge in [-0.15, -0.1) is 0 Å². The van der Waals surface area contributed by atoms with Crippen molar-refractivity contribution >= 4 is 0 Å². The van der Waals surface area contributed by atoms with Gasteiger partial charge in [-0.1, -0.05) is 6.08 Å². The molecule has 0 aromatic rings. The fourth-order valence-corrected chi connectivity index (χ4v) is 3.38. The predicted molar refractivity (Wildman–Crippen MR) is 77.0 cm³/mol. The highest BCUT2D eigenvalue weighted by atomic mass is 16.8. The maximum absolute atomic E-state index is 10.0. The first-order valence-electron chi connectivity index (χ1n) is 7.75. The Morgan fingerprint density at radius 2 is 1.75 bits per heavy atom. The van der Waals surface area contributed by atoms with Gasteiger partial charge in [-0.3, -0.25) is 0 Å². The molecule has 1 fully saturated rings. The Bertz CT molecular complexity index is 505. The highest BCUT2D eigenvalue weighted by molar-refractivity contribution is 5.25. The molecule has 2 aliphatic heterocycles. The zero-order chi connectivity index (χ0) is 17.4. The van der Waals surface area contributed by atoms with Crippen LogP contribution in [0.3, 0.4) is 0 Å². The summed E-state index contributed by atoms with van der Waals surface area (Å²) in [5, 5.41) is 58.3. The van der Waals surface area contributed by atoms with Gasteiger partial charge in [0.05, 0.1) is 31.5 Å². The van der Waals surface area contributed by atoms with Crippen molar-refractivity contribution in [2.45, 2.75) is 43.1 Å². The van der Waals surface area contributed by atoms with Crippen molar-refractivity contribution < 1.29 is 44.8 Å². The number of aliphatic hydroxyl groups is 6. The van der Waals surface area contributed by atoms with Crippen molar-refractivity contribution in [2.24, 2.45) is 11.8 Å². The maximum atomic E-state index is 10.0. The molecule has 0 spiro atoms. The van der Waals surface area contributed by atoms with Gasteiger partial charge in [0.25, 0.3) is 0 Å². The number of ether oxygens (including phenoxy) is 3. The third kappa shape index (κ3) is 2.98. The van der Waals surface area contributed by atoms with E-state index < -0.39 is 55.6 Å². The molecule has 0 saturated carbocycles. The van der Waals surface area contributed by atoms with Crippen LogP contribution < -0.4 is 0 Å². The molecule has 9 atom stereocenters. The lowest BCUT2D eigenvalue weighted by Gasteiger charge is -2.42. The number of hydrogen-bond acceptors (Lipinski definition) is 9. The molecule has 3 aliphatic rings. The molecule has 0 bridgehead atoms. The van der Waals surface area contributed by atoms with Crippen LogP contribution in [0.5, 0.6) is 0 Å². The number of fused-ring (bicyclic) bond motifs is 1. The van der Waals surface area contributed by atoms with Gasteiger partial charge in [0, 0.05) is 5.92 Å². The average molecular weight is 346 g/mol. The molecule has 0 aromatic carbocycles. The van der Waals surface area contributed by atoms with E-state index in [1.165, 1.54) is 12.3 Å². The Labute approximate surface area is 138 Å². The van der Waals surface area contributed by atoms with Crippen molar-refractivity contribution in [3.05, 3.63) is 24.0 Å².